The summed E-state index contributed by atoms with van der Waals surface area (Å²) in [7, 11) is -2.79. The van der Waals surface area contributed by atoms with Gasteiger partial charge in [0.1, 0.15) is 12.3 Å². The Hall–Kier alpha value is -3.53. The van der Waals surface area contributed by atoms with Crippen molar-refractivity contribution < 1.29 is 31.1 Å². The molecular weight excluding hydrogens is 529 g/mol. The molecular formula is C29H33F3N2O4S. The van der Waals surface area contributed by atoms with E-state index < -0.39 is 40.3 Å². The van der Waals surface area contributed by atoms with Gasteiger partial charge >= 0.3 is 6.18 Å². The Morgan fingerprint density at radius 3 is 2.18 bits per heavy atom. The molecule has 3 aromatic rings. The van der Waals surface area contributed by atoms with Crippen molar-refractivity contribution in [1.29, 1.82) is 0 Å². The molecule has 0 radical (unpaired) electrons. The quantitative estimate of drug-likeness (QED) is 0.322. The molecule has 1 N–H and O–H groups in total. The Morgan fingerprint density at radius 1 is 0.974 bits per heavy atom. The maximum atomic E-state index is 13.6. The second kappa shape index (κ2) is 11.7. The lowest BCUT2D eigenvalue weighted by molar-refractivity contribution is -0.137. The molecule has 0 aliphatic rings. The van der Waals surface area contributed by atoms with Gasteiger partial charge in [0.05, 0.1) is 29.3 Å². The molecule has 0 aromatic heterocycles. The average Bonchev–Trinajstić information content (AvgIpc) is 2.86. The lowest BCUT2D eigenvalue weighted by Gasteiger charge is -2.26. The van der Waals surface area contributed by atoms with Crippen LogP contribution in [0.15, 0.2) is 65.6 Å². The Balaban J connectivity index is 1.98. The number of methoxy groups -OCH3 is 1. The Bertz CT molecular complexity index is 1440. The van der Waals surface area contributed by atoms with Crippen LogP contribution in [0.2, 0.25) is 0 Å². The monoisotopic (exact) mass is 562 g/mol. The van der Waals surface area contributed by atoms with E-state index in [2.05, 4.69) is 5.32 Å². The van der Waals surface area contributed by atoms with Crippen LogP contribution in [-0.4, -0.2) is 28.0 Å². The average molecular weight is 563 g/mol. The summed E-state index contributed by atoms with van der Waals surface area (Å²) in [5, 5.41) is 2.81. The van der Waals surface area contributed by atoms with E-state index in [1.807, 2.05) is 32.9 Å². The highest BCUT2D eigenvalue weighted by atomic mass is 32.2. The van der Waals surface area contributed by atoms with Crippen LogP contribution in [0.5, 0.6) is 5.75 Å². The number of nitrogens with one attached hydrogen (secondary N) is 1. The summed E-state index contributed by atoms with van der Waals surface area (Å²) in [6, 6.07) is 13.1. The molecule has 0 heterocycles. The highest BCUT2D eigenvalue weighted by molar-refractivity contribution is 7.92. The molecule has 0 bridgehead atoms. The smallest absolute Gasteiger partial charge is 0.416 e. The zero-order valence-corrected chi connectivity index (χ0v) is 23.6. The van der Waals surface area contributed by atoms with Crippen LogP contribution in [0.3, 0.4) is 0 Å². The Labute approximate surface area is 227 Å². The number of rotatable bonds is 9. The van der Waals surface area contributed by atoms with Crippen molar-refractivity contribution in [2.45, 2.75) is 57.7 Å². The van der Waals surface area contributed by atoms with Crippen LogP contribution in [0.25, 0.3) is 0 Å². The van der Waals surface area contributed by atoms with E-state index in [-0.39, 0.29) is 16.5 Å². The number of aryl methyl sites for hydroxylation is 2. The third-order valence-corrected chi connectivity index (χ3v) is 8.23. The van der Waals surface area contributed by atoms with Gasteiger partial charge in [-0.15, -0.1) is 0 Å². The molecule has 3 aromatic carbocycles. The number of alkyl halides is 3. The first-order valence-corrected chi connectivity index (χ1v) is 13.8. The molecule has 0 aliphatic heterocycles. The molecule has 6 nitrogen and oxygen atoms in total. The third kappa shape index (κ3) is 6.92. The predicted molar refractivity (Wildman–Crippen MR) is 146 cm³/mol. The van der Waals surface area contributed by atoms with E-state index in [1.54, 1.807) is 33.1 Å². The number of hydrogen-bond donors (Lipinski definition) is 1. The van der Waals surface area contributed by atoms with Crippen LogP contribution in [0, 0.1) is 13.8 Å². The van der Waals surface area contributed by atoms with Crippen LogP contribution < -0.4 is 14.4 Å². The number of benzene rings is 3. The maximum absolute atomic E-state index is 13.6. The number of carbonyl (C=O) groups excluding carboxylic acids is 1. The molecule has 1 unspecified atom stereocenters. The lowest BCUT2D eigenvalue weighted by atomic mass is 9.93. The topological polar surface area (TPSA) is 75.7 Å². The summed E-state index contributed by atoms with van der Waals surface area (Å²) in [6.07, 6.45) is -4.69. The summed E-state index contributed by atoms with van der Waals surface area (Å²) in [6.45, 7) is 8.74. The largest absolute Gasteiger partial charge is 0.496 e. The van der Waals surface area contributed by atoms with Gasteiger partial charge < -0.3 is 10.1 Å². The number of hydrogen-bond acceptors (Lipinski definition) is 4. The fourth-order valence-electron chi connectivity index (χ4n) is 4.30. The third-order valence-electron chi connectivity index (χ3n) is 6.44. The zero-order valence-electron chi connectivity index (χ0n) is 22.8. The van der Waals surface area contributed by atoms with Gasteiger partial charge in [0.15, 0.2) is 0 Å². The van der Waals surface area contributed by atoms with Gasteiger partial charge in [-0.1, -0.05) is 37.6 Å². The van der Waals surface area contributed by atoms with E-state index in [1.165, 1.54) is 18.2 Å². The van der Waals surface area contributed by atoms with Crippen molar-refractivity contribution in [3.63, 3.8) is 0 Å². The van der Waals surface area contributed by atoms with Gasteiger partial charge in [0.2, 0.25) is 5.91 Å². The summed E-state index contributed by atoms with van der Waals surface area (Å²) in [5.41, 5.74) is 2.16. The van der Waals surface area contributed by atoms with Crippen LogP contribution in [0.1, 0.15) is 60.5 Å². The van der Waals surface area contributed by atoms with E-state index >= 15 is 0 Å². The molecule has 3 rings (SSSR count). The van der Waals surface area contributed by atoms with Crippen LogP contribution in [-0.2, 0) is 21.0 Å². The highest BCUT2D eigenvalue weighted by Gasteiger charge is 2.33. The molecule has 10 heteroatoms. The molecule has 0 fully saturated rings. The molecule has 0 spiro atoms. The minimum atomic E-state index is -4.69. The fourth-order valence-corrected chi connectivity index (χ4v) is 5.71. The molecule has 39 heavy (non-hydrogen) atoms. The SMILES string of the molecule is COc1cc(C)c(C(C)NC(=O)CN(c2cccc(C(F)(F)F)c2)S(=O)(=O)c2ccc(C)cc2)cc1C(C)C. The Kier molecular flexibility index (Phi) is 9.00. The lowest BCUT2D eigenvalue weighted by Crippen LogP contribution is -2.41. The molecule has 0 saturated heterocycles. The maximum Gasteiger partial charge on any atom is 0.416 e. The van der Waals surface area contributed by atoms with Crippen molar-refractivity contribution in [3.8, 4) is 5.75 Å². The summed E-state index contributed by atoms with van der Waals surface area (Å²) in [5.74, 6) is 0.208. The number of anilines is 1. The predicted octanol–water partition coefficient (Wildman–Crippen LogP) is 6.53. The number of amides is 1. The number of sulfonamides is 1. The van der Waals surface area contributed by atoms with Gasteiger partial charge in [0, 0.05) is 0 Å². The van der Waals surface area contributed by atoms with Crippen molar-refractivity contribution in [1.82, 2.24) is 5.32 Å². The van der Waals surface area contributed by atoms with Crippen LogP contribution in [0.4, 0.5) is 18.9 Å². The van der Waals surface area contributed by atoms with E-state index in [4.69, 9.17) is 4.74 Å². The summed E-state index contributed by atoms with van der Waals surface area (Å²) >= 11 is 0. The first kappa shape index (κ1) is 30.0. The van der Waals surface area contributed by atoms with Gasteiger partial charge in [-0.2, -0.15) is 13.2 Å². The van der Waals surface area contributed by atoms with Crippen molar-refractivity contribution in [2.75, 3.05) is 18.0 Å². The van der Waals surface area contributed by atoms with Crippen LogP contribution >= 0.6 is 0 Å². The molecule has 0 saturated carbocycles. The van der Waals surface area contributed by atoms with Gasteiger partial charge in [-0.05, 0) is 85.8 Å². The summed E-state index contributed by atoms with van der Waals surface area (Å²) < 4.78 is 73.7. The number of halogens is 3. The second-order valence-electron chi connectivity index (χ2n) is 9.77. The van der Waals surface area contributed by atoms with Crippen molar-refractivity contribution >= 4 is 21.6 Å². The van der Waals surface area contributed by atoms with Crippen molar-refractivity contribution in [2.24, 2.45) is 0 Å². The second-order valence-corrected chi connectivity index (χ2v) is 11.6. The zero-order chi connectivity index (χ0) is 29.1. The minimum Gasteiger partial charge on any atom is -0.496 e. The van der Waals surface area contributed by atoms with Gasteiger partial charge in [0.25, 0.3) is 10.0 Å². The first-order chi connectivity index (χ1) is 18.1. The van der Waals surface area contributed by atoms with Crippen molar-refractivity contribution in [3.05, 3.63) is 88.5 Å². The number of carbonyl (C=O) groups is 1. The number of ether oxygens (including phenoxy) is 1. The summed E-state index contributed by atoms with van der Waals surface area (Å²) in [4.78, 5) is 13.1. The van der Waals surface area contributed by atoms with E-state index in [0.717, 1.165) is 46.2 Å². The molecule has 210 valence electrons. The van der Waals surface area contributed by atoms with E-state index in [9.17, 15) is 26.4 Å². The van der Waals surface area contributed by atoms with Gasteiger partial charge in [-0.3, -0.25) is 9.10 Å². The highest BCUT2D eigenvalue weighted by Crippen LogP contribution is 2.34. The van der Waals surface area contributed by atoms with Gasteiger partial charge in [-0.25, -0.2) is 8.42 Å². The minimum absolute atomic E-state index is 0.140. The number of nitrogens with zero attached hydrogens (tertiary/aromatic N) is 1. The normalized spacial score (nSPS) is 12.8. The van der Waals surface area contributed by atoms with E-state index in [0.29, 0.717) is 4.31 Å². The molecule has 1 amide bonds. The fraction of sp³-hybridized carbons (Fsp3) is 0.345. The molecule has 1 atom stereocenters. The Morgan fingerprint density at radius 2 is 1.62 bits per heavy atom. The standard InChI is InChI=1S/C29H33F3N2O4S/c1-18(2)25-16-26(20(4)14-27(25)38-6)21(5)33-28(35)17-34(23-9-7-8-22(15-23)29(30,31)32)39(36,37)24-12-10-19(3)11-13-24/h7-16,18,21H,17H2,1-6H3,(H,33,35). The molecule has 0 aliphatic carbocycles. The first-order valence-electron chi connectivity index (χ1n) is 12.4.